The van der Waals surface area contributed by atoms with Gasteiger partial charge in [0.15, 0.2) is 5.66 Å². The number of carbonyl (C=O) groups excluding carboxylic acids is 2. The minimum absolute atomic E-state index is 0.229. The van der Waals surface area contributed by atoms with Crippen LogP contribution in [0.5, 0.6) is 0 Å². The van der Waals surface area contributed by atoms with E-state index in [0.717, 1.165) is 0 Å². The van der Waals surface area contributed by atoms with Crippen LogP contribution in [0, 0.1) is 0 Å². The minimum Gasteiger partial charge on any atom is -0.480 e. The van der Waals surface area contributed by atoms with E-state index >= 15 is 0 Å². The molecule has 0 unspecified atom stereocenters. The van der Waals surface area contributed by atoms with E-state index in [1.807, 2.05) is 0 Å². The van der Waals surface area contributed by atoms with Gasteiger partial charge in [0.2, 0.25) is 11.8 Å². The summed E-state index contributed by atoms with van der Waals surface area (Å²) < 4.78 is 0. The molecule has 0 aliphatic heterocycles. The van der Waals surface area contributed by atoms with Crippen molar-refractivity contribution in [1.29, 1.82) is 0 Å². The van der Waals surface area contributed by atoms with Crippen LogP contribution in [-0.2, 0) is 19.2 Å². The molecule has 20 heavy (non-hydrogen) atoms. The van der Waals surface area contributed by atoms with Crippen LogP contribution >= 0.6 is 0 Å². The van der Waals surface area contributed by atoms with Gasteiger partial charge < -0.3 is 27.4 Å². The highest BCUT2D eigenvalue weighted by Gasteiger charge is 2.38. The van der Waals surface area contributed by atoms with E-state index in [0.29, 0.717) is 0 Å². The molecule has 0 saturated carbocycles. The molecule has 0 aliphatic carbocycles. The number of primary amides is 2. The first-order chi connectivity index (χ1) is 9.08. The van der Waals surface area contributed by atoms with Crippen molar-refractivity contribution in [1.82, 2.24) is 5.32 Å². The molecule has 0 radical (unpaired) electrons. The van der Waals surface area contributed by atoms with E-state index in [1.54, 1.807) is 0 Å². The maximum Gasteiger partial charge on any atom is 0.338 e. The Morgan fingerprint density at radius 3 is 1.90 bits per heavy atom. The lowest BCUT2D eigenvalue weighted by Crippen LogP contribution is -2.64. The highest BCUT2D eigenvalue weighted by molar-refractivity contribution is 5.82. The molecule has 2 atom stereocenters. The number of hydrogen-bond donors (Lipinski definition) is 6. The maximum atomic E-state index is 11.1. The lowest BCUT2D eigenvalue weighted by molar-refractivity contribution is -0.147. The van der Waals surface area contributed by atoms with Crippen molar-refractivity contribution >= 4 is 23.8 Å². The highest BCUT2D eigenvalue weighted by Crippen LogP contribution is 2.10. The predicted octanol–water partition coefficient (Wildman–Crippen LogP) is -2.70. The lowest BCUT2D eigenvalue weighted by atomic mass is 10.0. The highest BCUT2D eigenvalue weighted by atomic mass is 16.4. The van der Waals surface area contributed by atoms with Crippen LogP contribution in [0.15, 0.2) is 0 Å². The quantitative estimate of drug-likeness (QED) is 0.233. The van der Waals surface area contributed by atoms with Crippen LogP contribution in [0.3, 0.4) is 0 Å². The summed E-state index contributed by atoms with van der Waals surface area (Å²) in [6.45, 7) is 0. The minimum atomic E-state index is -2.14. The third-order valence-electron chi connectivity index (χ3n) is 2.56. The Bertz CT molecular complexity index is 413. The van der Waals surface area contributed by atoms with Gasteiger partial charge in [0, 0.05) is 12.8 Å². The van der Waals surface area contributed by atoms with E-state index in [4.69, 9.17) is 27.4 Å². The number of carboxylic acids is 2. The largest absolute Gasteiger partial charge is 0.480 e. The second kappa shape index (κ2) is 7.40. The van der Waals surface area contributed by atoms with E-state index in [9.17, 15) is 19.2 Å². The van der Waals surface area contributed by atoms with E-state index in [1.165, 1.54) is 0 Å². The monoisotopic (exact) mass is 290 g/mol. The maximum absolute atomic E-state index is 11.1. The van der Waals surface area contributed by atoms with Crippen molar-refractivity contribution in [2.45, 2.75) is 37.4 Å². The number of rotatable bonds is 10. The van der Waals surface area contributed by atoms with Gasteiger partial charge in [-0.25, -0.2) is 4.79 Å². The summed E-state index contributed by atoms with van der Waals surface area (Å²) in [5.41, 5.74) is 13.2. The normalized spacial score (nSPS) is 15.1. The molecular formula is C10H18N4O6. The van der Waals surface area contributed by atoms with Gasteiger partial charge in [0.25, 0.3) is 0 Å². The molecule has 0 rings (SSSR count). The van der Waals surface area contributed by atoms with Crippen LogP contribution in [0.1, 0.15) is 25.7 Å². The molecule has 0 aliphatic rings. The molecule has 0 aromatic carbocycles. The van der Waals surface area contributed by atoms with Crippen molar-refractivity contribution in [3.8, 4) is 0 Å². The molecule has 0 heterocycles. The summed E-state index contributed by atoms with van der Waals surface area (Å²) in [6.07, 6.45) is -1.21. The van der Waals surface area contributed by atoms with Crippen LogP contribution in [0.4, 0.5) is 0 Å². The van der Waals surface area contributed by atoms with E-state index < -0.39 is 41.9 Å². The van der Waals surface area contributed by atoms with Gasteiger partial charge in [-0.1, -0.05) is 0 Å². The summed E-state index contributed by atoms with van der Waals surface area (Å²) in [6, 6.07) is -1.39. The van der Waals surface area contributed by atoms with Gasteiger partial charge in [-0.2, -0.15) is 0 Å². The molecule has 0 spiro atoms. The Hall–Kier alpha value is -2.20. The predicted molar refractivity (Wildman–Crippen MR) is 66.0 cm³/mol. The number of carbonyl (C=O) groups is 4. The van der Waals surface area contributed by atoms with Crippen LogP contribution in [-0.4, -0.2) is 45.7 Å². The van der Waals surface area contributed by atoms with Crippen LogP contribution in [0.2, 0.25) is 0 Å². The summed E-state index contributed by atoms with van der Waals surface area (Å²) >= 11 is 0. The Morgan fingerprint density at radius 1 is 1.05 bits per heavy atom. The molecule has 10 heteroatoms. The van der Waals surface area contributed by atoms with Gasteiger partial charge >= 0.3 is 11.9 Å². The number of nitrogens with two attached hydrogens (primary N) is 3. The molecule has 0 aromatic heterocycles. The standard InChI is InChI=1S/C10H18N4O6/c11-6(15)2-1-5(8(17)18)14-10(13,9(19)20)4-3-7(12)16/h5,14H,1-4,13H2,(H2,11,15)(H2,12,16)(H,17,18)(H,19,20)/t5-,10+/m0/s1. The first-order valence-electron chi connectivity index (χ1n) is 5.68. The average Bonchev–Trinajstić information content (AvgIpc) is 2.31. The third-order valence-corrected chi connectivity index (χ3v) is 2.56. The number of amides is 2. The summed E-state index contributed by atoms with van der Waals surface area (Å²) in [5, 5.41) is 20.2. The molecular weight excluding hydrogens is 272 g/mol. The number of aliphatic carboxylic acids is 2. The molecule has 10 nitrogen and oxygen atoms in total. The van der Waals surface area contributed by atoms with Crippen molar-refractivity contribution in [2.75, 3.05) is 0 Å². The summed E-state index contributed by atoms with van der Waals surface area (Å²) in [7, 11) is 0. The number of nitrogens with one attached hydrogen (secondary N) is 1. The van der Waals surface area contributed by atoms with Crippen LogP contribution < -0.4 is 22.5 Å². The third kappa shape index (κ3) is 6.11. The summed E-state index contributed by atoms with van der Waals surface area (Å²) in [5.74, 6) is -4.43. The fraction of sp³-hybridized carbons (Fsp3) is 0.600. The van der Waals surface area contributed by atoms with Crippen LogP contribution in [0.25, 0.3) is 0 Å². The SMILES string of the molecule is NC(=O)CC[C@H](N[C@](N)(CCC(N)=O)C(=O)O)C(=O)O. The van der Waals surface area contributed by atoms with Crippen molar-refractivity contribution in [3.05, 3.63) is 0 Å². The Morgan fingerprint density at radius 2 is 1.55 bits per heavy atom. The zero-order chi connectivity index (χ0) is 15.9. The number of hydrogen-bond acceptors (Lipinski definition) is 6. The van der Waals surface area contributed by atoms with Gasteiger partial charge in [0.1, 0.15) is 6.04 Å². The zero-order valence-corrected chi connectivity index (χ0v) is 10.7. The molecule has 9 N–H and O–H groups in total. The van der Waals surface area contributed by atoms with E-state index in [-0.39, 0.29) is 19.3 Å². The van der Waals surface area contributed by atoms with Crippen molar-refractivity contribution in [2.24, 2.45) is 17.2 Å². The first-order valence-corrected chi connectivity index (χ1v) is 5.68. The molecule has 114 valence electrons. The molecule has 0 bridgehead atoms. The van der Waals surface area contributed by atoms with E-state index in [2.05, 4.69) is 5.32 Å². The fourth-order valence-electron chi connectivity index (χ4n) is 1.42. The Balaban J connectivity index is 4.89. The number of carboxylic acid groups (broad SMARTS) is 2. The van der Waals surface area contributed by atoms with Gasteiger partial charge in [-0.15, -0.1) is 0 Å². The Kier molecular flexibility index (Phi) is 6.59. The smallest absolute Gasteiger partial charge is 0.338 e. The van der Waals surface area contributed by atoms with Crippen molar-refractivity contribution < 1.29 is 29.4 Å². The molecule has 0 fully saturated rings. The van der Waals surface area contributed by atoms with Gasteiger partial charge in [-0.05, 0) is 12.8 Å². The Labute approximate surface area is 114 Å². The fourth-order valence-corrected chi connectivity index (χ4v) is 1.42. The van der Waals surface area contributed by atoms with Gasteiger partial charge in [-0.3, -0.25) is 19.7 Å². The molecule has 0 saturated heterocycles. The second-order valence-corrected chi connectivity index (χ2v) is 4.28. The molecule has 0 aromatic rings. The average molecular weight is 290 g/mol. The topological polar surface area (TPSA) is 199 Å². The zero-order valence-electron chi connectivity index (χ0n) is 10.7. The van der Waals surface area contributed by atoms with Crippen molar-refractivity contribution in [3.63, 3.8) is 0 Å². The van der Waals surface area contributed by atoms with Gasteiger partial charge in [0.05, 0.1) is 0 Å². The first kappa shape index (κ1) is 17.8. The lowest BCUT2D eigenvalue weighted by Gasteiger charge is -2.29. The second-order valence-electron chi connectivity index (χ2n) is 4.28. The molecule has 2 amide bonds. The summed E-state index contributed by atoms with van der Waals surface area (Å²) in [4.78, 5) is 43.4.